The minimum atomic E-state index is -3.92. The quantitative estimate of drug-likeness (QED) is 0.801. The van der Waals surface area contributed by atoms with Gasteiger partial charge in [0.25, 0.3) is 0 Å². The van der Waals surface area contributed by atoms with E-state index in [9.17, 15) is 17.2 Å². The second-order valence-corrected chi connectivity index (χ2v) is 6.93. The Bertz CT molecular complexity index is 992. The van der Waals surface area contributed by atoms with E-state index in [0.29, 0.717) is 0 Å². The molecule has 4 nitrogen and oxygen atoms in total. The molecule has 0 saturated heterocycles. The predicted octanol–water partition coefficient (Wildman–Crippen LogP) is 3.56. The molecule has 2 aromatic carbocycles. The Balaban J connectivity index is 2.30. The van der Waals surface area contributed by atoms with Crippen molar-refractivity contribution in [3.05, 3.63) is 64.7 Å². The third kappa shape index (κ3) is 2.37. The summed E-state index contributed by atoms with van der Waals surface area (Å²) in [4.78, 5) is 0.857. The van der Waals surface area contributed by atoms with Gasteiger partial charge in [0.2, 0.25) is 9.84 Å². The van der Waals surface area contributed by atoms with E-state index < -0.39 is 26.4 Å². The van der Waals surface area contributed by atoms with Crippen LogP contribution in [-0.4, -0.2) is 8.42 Å². The molecule has 116 valence electrons. The van der Waals surface area contributed by atoms with Crippen molar-refractivity contribution < 1.29 is 17.2 Å². The van der Waals surface area contributed by atoms with Gasteiger partial charge in [-0.15, -0.1) is 0 Å². The fraction of sp³-hybridized carbons (Fsp3) is 0.0625. The molecule has 0 spiro atoms. The van der Waals surface area contributed by atoms with Crippen molar-refractivity contribution in [2.75, 3.05) is 4.90 Å². The molecule has 1 heterocycles. The maximum absolute atomic E-state index is 13.5. The average Bonchev–Trinajstić information content (AvgIpc) is 2.50. The van der Waals surface area contributed by atoms with Gasteiger partial charge in [0, 0.05) is 18.0 Å². The average molecular weight is 332 g/mol. The number of nitrogens with zero attached hydrogens (tertiary/aromatic N) is 2. The highest BCUT2D eigenvalue weighted by Crippen LogP contribution is 2.40. The Morgan fingerprint density at radius 3 is 2.48 bits per heavy atom. The molecule has 23 heavy (non-hydrogen) atoms. The van der Waals surface area contributed by atoms with E-state index in [4.69, 9.17) is 5.26 Å². The van der Waals surface area contributed by atoms with Crippen molar-refractivity contribution in [2.24, 2.45) is 0 Å². The third-order valence-electron chi connectivity index (χ3n) is 3.49. The van der Waals surface area contributed by atoms with Crippen molar-refractivity contribution >= 4 is 21.2 Å². The molecule has 0 unspecified atom stereocenters. The number of anilines is 2. The summed E-state index contributed by atoms with van der Waals surface area (Å²) in [5.74, 6) is -2.07. The molecule has 1 aliphatic heterocycles. The molecule has 0 N–H and O–H groups in total. The highest BCUT2D eigenvalue weighted by Gasteiger charge is 2.32. The van der Waals surface area contributed by atoms with Crippen LogP contribution in [0.5, 0.6) is 0 Å². The first-order valence-corrected chi connectivity index (χ1v) is 8.05. The van der Waals surface area contributed by atoms with Crippen LogP contribution in [0.15, 0.2) is 52.4 Å². The summed E-state index contributed by atoms with van der Waals surface area (Å²) in [7, 11) is -3.92. The Kier molecular flexibility index (Phi) is 3.42. The van der Waals surface area contributed by atoms with E-state index >= 15 is 0 Å². The summed E-state index contributed by atoms with van der Waals surface area (Å²) in [6, 6.07) is 9.47. The molecule has 0 amide bonds. The first-order chi connectivity index (χ1) is 10.8. The monoisotopic (exact) mass is 332 g/mol. The maximum atomic E-state index is 13.5. The van der Waals surface area contributed by atoms with Gasteiger partial charge in [0.1, 0.15) is 6.07 Å². The second-order valence-electron chi connectivity index (χ2n) is 5.05. The van der Waals surface area contributed by atoms with Crippen LogP contribution < -0.4 is 4.90 Å². The molecule has 3 rings (SSSR count). The molecule has 0 fully saturated rings. The van der Waals surface area contributed by atoms with Gasteiger partial charge in [-0.05, 0) is 36.8 Å². The number of halogens is 2. The number of aryl methyl sites for hydroxylation is 1. The number of nitriles is 1. The van der Waals surface area contributed by atoms with Gasteiger partial charge in [0.05, 0.1) is 10.6 Å². The zero-order valence-corrected chi connectivity index (χ0v) is 12.7. The lowest BCUT2D eigenvalue weighted by Crippen LogP contribution is -2.21. The van der Waals surface area contributed by atoms with Crippen molar-refractivity contribution in [2.45, 2.75) is 11.8 Å². The van der Waals surface area contributed by atoms with Gasteiger partial charge in [-0.3, -0.25) is 0 Å². The molecule has 0 atom stereocenters. The van der Waals surface area contributed by atoms with Crippen LogP contribution in [0.3, 0.4) is 0 Å². The van der Waals surface area contributed by atoms with Gasteiger partial charge < -0.3 is 4.90 Å². The second kappa shape index (κ2) is 5.18. The van der Waals surface area contributed by atoms with Crippen molar-refractivity contribution in [3.8, 4) is 6.07 Å². The SMILES string of the molecule is Cc1ccc2c(c1)N(c1ccc(F)c(F)c1)C=C(C#N)S2(=O)=O. The van der Waals surface area contributed by atoms with E-state index in [1.54, 1.807) is 25.1 Å². The first kappa shape index (κ1) is 15.2. The van der Waals surface area contributed by atoms with Gasteiger partial charge in [-0.1, -0.05) is 6.07 Å². The van der Waals surface area contributed by atoms with E-state index in [1.807, 2.05) is 0 Å². The molecule has 0 saturated carbocycles. The zero-order chi connectivity index (χ0) is 16.8. The molecule has 0 radical (unpaired) electrons. The number of sulfone groups is 1. The normalized spacial score (nSPS) is 15.6. The van der Waals surface area contributed by atoms with Crippen LogP contribution in [0, 0.1) is 29.9 Å². The number of rotatable bonds is 1. The third-order valence-corrected chi connectivity index (χ3v) is 5.19. The number of allylic oxidation sites excluding steroid dienone is 1. The van der Waals surface area contributed by atoms with Gasteiger partial charge in [0.15, 0.2) is 16.5 Å². The summed E-state index contributed by atoms with van der Waals surface area (Å²) in [6.45, 7) is 1.78. The highest BCUT2D eigenvalue weighted by atomic mass is 32.2. The smallest absolute Gasteiger partial charge is 0.220 e. The van der Waals surface area contributed by atoms with E-state index in [-0.39, 0.29) is 16.3 Å². The van der Waals surface area contributed by atoms with Crippen LogP contribution in [0.2, 0.25) is 0 Å². The Morgan fingerprint density at radius 2 is 1.83 bits per heavy atom. The lowest BCUT2D eigenvalue weighted by Gasteiger charge is -2.28. The Morgan fingerprint density at radius 1 is 1.09 bits per heavy atom. The largest absolute Gasteiger partial charge is 0.314 e. The lowest BCUT2D eigenvalue weighted by atomic mass is 10.2. The van der Waals surface area contributed by atoms with Crippen molar-refractivity contribution in [1.29, 1.82) is 5.26 Å². The topological polar surface area (TPSA) is 61.2 Å². The fourth-order valence-corrected chi connectivity index (χ4v) is 3.64. The molecule has 2 aromatic rings. The van der Waals surface area contributed by atoms with Gasteiger partial charge in [-0.25, -0.2) is 17.2 Å². The first-order valence-electron chi connectivity index (χ1n) is 6.56. The minimum Gasteiger partial charge on any atom is -0.314 e. The van der Waals surface area contributed by atoms with Crippen molar-refractivity contribution in [3.63, 3.8) is 0 Å². The summed E-state index contributed by atoms with van der Waals surface area (Å²) in [5, 5.41) is 9.11. The summed E-state index contributed by atoms with van der Waals surface area (Å²) < 4.78 is 51.4. The zero-order valence-electron chi connectivity index (χ0n) is 11.9. The van der Waals surface area contributed by atoms with E-state index in [1.165, 1.54) is 17.0 Å². The molecule has 1 aliphatic rings. The number of hydrogen-bond acceptors (Lipinski definition) is 4. The minimum absolute atomic E-state index is 0.0492. The fourth-order valence-electron chi connectivity index (χ4n) is 2.36. The van der Waals surface area contributed by atoms with Crippen LogP contribution in [0.25, 0.3) is 0 Å². The van der Waals surface area contributed by atoms with Crippen molar-refractivity contribution in [1.82, 2.24) is 0 Å². The molecule has 0 aromatic heterocycles. The van der Waals surface area contributed by atoms with E-state index in [0.717, 1.165) is 23.9 Å². The predicted molar refractivity (Wildman–Crippen MR) is 80.6 cm³/mol. The lowest BCUT2D eigenvalue weighted by molar-refractivity contribution is 0.509. The molecule has 0 aliphatic carbocycles. The van der Waals surface area contributed by atoms with Gasteiger partial charge in [-0.2, -0.15) is 5.26 Å². The summed E-state index contributed by atoms with van der Waals surface area (Å²) in [5.41, 5.74) is 1.30. The summed E-state index contributed by atoms with van der Waals surface area (Å²) >= 11 is 0. The molecular weight excluding hydrogens is 322 g/mol. The van der Waals surface area contributed by atoms with Crippen LogP contribution >= 0.6 is 0 Å². The highest BCUT2D eigenvalue weighted by molar-refractivity contribution is 7.95. The summed E-state index contributed by atoms with van der Waals surface area (Å²) in [6.07, 6.45) is 1.11. The molecular formula is C16H10F2N2O2S. The standard InChI is InChI=1S/C16H10F2N2O2S/c1-10-2-5-16-15(6-10)20(9-12(8-19)23(16,21)22)11-3-4-13(17)14(18)7-11/h2-7,9H,1H3. The Hall–Kier alpha value is -2.72. The maximum Gasteiger partial charge on any atom is 0.220 e. The Labute approximate surface area is 131 Å². The number of hydrogen-bond donors (Lipinski definition) is 0. The van der Waals surface area contributed by atoms with Crippen LogP contribution in [0.1, 0.15) is 5.56 Å². The number of fused-ring (bicyclic) bond motifs is 1. The number of benzene rings is 2. The molecule has 0 bridgehead atoms. The van der Waals surface area contributed by atoms with E-state index in [2.05, 4.69) is 0 Å². The molecule has 7 heteroatoms. The van der Waals surface area contributed by atoms with Crippen LogP contribution in [-0.2, 0) is 9.84 Å². The van der Waals surface area contributed by atoms with Gasteiger partial charge >= 0.3 is 0 Å². The van der Waals surface area contributed by atoms with Crippen LogP contribution in [0.4, 0.5) is 20.2 Å².